The molecule has 0 radical (unpaired) electrons. The molecule has 0 saturated heterocycles. The van der Waals surface area contributed by atoms with Crippen molar-refractivity contribution in [2.75, 3.05) is 0 Å². The third kappa shape index (κ3) is 9.34. The zero-order chi connectivity index (χ0) is 20.0. The van der Waals surface area contributed by atoms with E-state index in [2.05, 4.69) is 55.4 Å². The first-order valence-corrected chi connectivity index (χ1v) is 9.71. The van der Waals surface area contributed by atoms with Crippen molar-refractivity contribution in [3.05, 3.63) is 58.7 Å². The second-order valence-corrected chi connectivity index (χ2v) is 8.19. The molecule has 0 aromatic heterocycles. The first-order valence-electron chi connectivity index (χ1n) is 9.71. The van der Waals surface area contributed by atoms with Crippen molar-refractivity contribution in [1.82, 2.24) is 0 Å². The van der Waals surface area contributed by atoms with Crippen LogP contribution in [0.2, 0.25) is 0 Å². The topological polar surface area (TPSA) is 40.5 Å². The minimum Gasteiger partial charge on any atom is -0.507 e. The summed E-state index contributed by atoms with van der Waals surface area (Å²) >= 11 is 0. The molecule has 0 saturated carbocycles. The van der Waals surface area contributed by atoms with Gasteiger partial charge in [0, 0.05) is 21.7 Å². The molecule has 2 N–H and O–H groups in total. The van der Waals surface area contributed by atoms with E-state index in [-0.39, 0.29) is 46.5 Å². The summed E-state index contributed by atoms with van der Waals surface area (Å²) in [7, 11) is 0. The first kappa shape index (κ1) is 33.0. The summed E-state index contributed by atoms with van der Waals surface area (Å²) in [5.41, 5.74) is 4.19. The van der Waals surface area contributed by atoms with E-state index < -0.39 is 0 Å². The van der Waals surface area contributed by atoms with Crippen LogP contribution in [0.3, 0.4) is 0 Å². The van der Waals surface area contributed by atoms with E-state index in [9.17, 15) is 10.2 Å². The molecular weight excluding hydrogens is 439 g/mol. The number of hydrogen-bond acceptors (Lipinski definition) is 2. The monoisotopic (exact) mass is 476 g/mol. The van der Waals surface area contributed by atoms with E-state index in [0.29, 0.717) is 35.2 Å². The third-order valence-corrected chi connectivity index (χ3v) is 4.68. The maximum absolute atomic E-state index is 9.93. The Morgan fingerprint density at radius 1 is 0.483 bits per heavy atom. The maximum atomic E-state index is 9.93. The van der Waals surface area contributed by atoms with Gasteiger partial charge in [0.25, 0.3) is 0 Å². The summed E-state index contributed by atoms with van der Waals surface area (Å²) in [6, 6.07) is 12.0. The molecule has 0 spiro atoms. The van der Waals surface area contributed by atoms with Crippen LogP contribution in [-0.2, 0) is 21.7 Å². The van der Waals surface area contributed by atoms with Gasteiger partial charge in [-0.05, 0) is 45.9 Å². The number of phenolic OH excluding ortho intramolecular Hbond substituents is 2. The molecule has 2 rings (SSSR count). The SMILES string of the molecule is CC(C)c1cccc(C(C)C)c1O.CC(C)c1cccc(C(C)C)c1O.Cl.Cl.[Ti]. The van der Waals surface area contributed by atoms with Gasteiger partial charge in [-0.25, -0.2) is 0 Å². The third-order valence-electron chi connectivity index (χ3n) is 4.68. The Hall–Kier alpha value is -0.666. The standard InChI is InChI=1S/2C12H18O.2ClH.Ti/c2*1-8(2)10-6-5-7-11(9(3)4)12(10)13;;;/h2*5-9,13H,1-4H3;2*1H;. The van der Waals surface area contributed by atoms with Crippen molar-refractivity contribution in [2.45, 2.75) is 79.1 Å². The predicted octanol–water partition coefficient (Wildman–Crippen LogP) is 8.12. The number of phenols is 2. The van der Waals surface area contributed by atoms with Crippen molar-refractivity contribution >= 4 is 24.8 Å². The Labute approximate surface area is 205 Å². The second kappa shape index (κ2) is 15.2. The molecule has 0 heterocycles. The Morgan fingerprint density at radius 3 is 0.793 bits per heavy atom. The zero-order valence-corrected chi connectivity index (χ0v) is 22.2. The molecule has 2 aromatic rings. The van der Waals surface area contributed by atoms with Crippen LogP contribution < -0.4 is 0 Å². The fourth-order valence-electron chi connectivity index (χ4n) is 3.02. The average Bonchev–Trinajstić information content (AvgIpc) is 2.54. The van der Waals surface area contributed by atoms with Gasteiger partial charge in [-0.2, -0.15) is 0 Å². The number of aromatic hydroxyl groups is 2. The molecule has 2 aromatic carbocycles. The summed E-state index contributed by atoms with van der Waals surface area (Å²) in [5, 5.41) is 19.9. The van der Waals surface area contributed by atoms with Crippen molar-refractivity contribution in [3.8, 4) is 11.5 Å². The quantitative estimate of drug-likeness (QED) is 0.437. The maximum Gasteiger partial charge on any atom is 0.122 e. The summed E-state index contributed by atoms with van der Waals surface area (Å²) in [6.07, 6.45) is 0. The van der Waals surface area contributed by atoms with E-state index >= 15 is 0 Å². The Morgan fingerprint density at radius 2 is 0.655 bits per heavy atom. The van der Waals surface area contributed by atoms with Gasteiger partial charge in [0.05, 0.1) is 0 Å². The molecule has 0 aliphatic carbocycles. The van der Waals surface area contributed by atoms with Gasteiger partial charge >= 0.3 is 0 Å². The van der Waals surface area contributed by atoms with E-state index in [4.69, 9.17) is 0 Å². The van der Waals surface area contributed by atoms with E-state index in [1.165, 1.54) is 0 Å². The molecule has 164 valence electrons. The number of para-hydroxylation sites is 2. The minimum atomic E-state index is 0. The van der Waals surface area contributed by atoms with Crippen LogP contribution in [0.25, 0.3) is 0 Å². The van der Waals surface area contributed by atoms with Crippen LogP contribution in [0.1, 0.15) is 101 Å². The minimum absolute atomic E-state index is 0. The van der Waals surface area contributed by atoms with Gasteiger partial charge in [-0.3, -0.25) is 0 Å². The molecule has 5 heteroatoms. The fourth-order valence-corrected chi connectivity index (χ4v) is 3.02. The van der Waals surface area contributed by atoms with E-state index in [1.54, 1.807) is 0 Å². The van der Waals surface area contributed by atoms with Gasteiger partial charge in [0.2, 0.25) is 0 Å². The second-order valence-electron chi connectivity index (χ2n) is 8.19. The Bertz CT molecular complexity index is 600. The van der Waals surface area contributed by atoms with Crippen LogP contribution in [0.4, 0.5) is 0 Å². The van der Waals surface area contributed by atoms with Crippen molar-refractivity contribution in [3.63, 3.8) is 0 Å². The van der Waals surface area contributed by atoms with Crippen molar-refractivity contribution in [1.29, 1.82) is 0 Å². The van der Waals surface area contributed by atoms with Crippen molar-refractivity contribution < 1.29 is 31.9 Å². The molecule has 0 aliphatic rings. The van der Waals surface area contributed by atoms with Crippen LogP contribution in [-0.4, -0.2) is 10.2 Å². The Balaban J connectivity index is -0.000000422. The molecular formula is C24H38Cl2O2Ti. The van der Waals surface area contributed by atoms with Crippen LogP contribution in [0.5, 0.6) is 11.5 Å². The molecule has 0 unspecified atom stereocenters. The van der Waals surface area contributed by atoms with Gasteiger partial charge in [-0.1, -0.05) is 91.8 Å². The van der Waals surface area contributed by atoms with Crippen LogP contribution >= 0.6 is 24.8 Å². The smallest absolute Gasteiger partial charge is 0.122 e. The van der Waals surface area contributed by atoms with Gasteiger partial charge in [0.1, 0.15) is 11.5 Å². The average molecular weight is 477 g/mol. The molecule has 0 fully saturated rings. The molecule has 0 aliphatic heterocycles. The van der Waals surface area contributed by atoms with Crippen LogP contribution in [0.15, 0.2) is 36.4 Å². The molecule has 29 heavy (non-hydrogen) atoms. The first-order chi connectivity index (χ1) is 12.1. The number of halogens is 2. The number of hydrogen-bond donors (Lipinski definition) is 2. The number of rotatable bonds is 4. The van der Waals surface area contributed by atoms with Gasteiger partial charge in [-0.15, -0.1) is 24.8 Å². The molecule has 0 amide bonds. The normalized spacial score (nSPS) is 10.1. The zero-order valence-electron chi connectivity index (χ0n) is 19.0. The van der Waals surface area contributed by atoms with E-state index in [0.717, 1.165) is 22.3 Å². The molecule has 0 bridgehead atoms. The van der Waals surface area contributed by atoms with Gasteiger partial charge < -0.3 is 10.2 Å². The summed E-state index contributed by atoms with van der Waals surface area (Å²) in [4.78, 5) is 0. The predicted molar refractivity (Wildman–Crippen MR) is 127 cm³/mol. The van der Waals surface area contributed by atoms with Crippen molar-refractivity contribution in [2.24, 2.45) is 0 Å². The van der Waals surface area contributed by atoms with Crippen LogP contribution in [0, 0.1) is 0 Å². The largest absolute Gasteiger partial charge is 0.507 e. The number of benzene rings is 2. The summed E-state index contributed by atoms with van der Waals surface area (Å²) in [6.45, 7) is 16.8. The Kier molecular flexibility index (Phi) is 17.3. The fraction of sp³-hybridized carbons (Fsp3) is 0.500. The van der Waals surface area contributed by atoms with E-state index in [1.807, 2.05) is 36.4 Å². The molecule has 0 atom stereocenters. The van der Waals surface area contributed by atoms with Gasteiger partial charge in [0.15, 0.2) is 0 Å². The summed E-state index contributed by atoms with van der Waals surface area (Å²) in [5.74, 6) is 2.51. The summed E-state index contributed by atoms with van der Waals surface area (Å²) < 4.78 is 0. The molecule has 2 nitrogen and oxygen atoms in total.